The number of hydrogen-bond donors (Lipinski definition) is 0. The van der Waals surface area contributed by atoms with Crippen molar-refractivity contribution in [2.24, 2.45) is 0 Å². The molecule has 0 saturated carbocycles. The summed E-state index contributed by atoms with van der Waals surface area (Å²) in [5.74, 6) is 0.137. The third-order valence-corrected chi connectivity index (χ3v) is 11.1. The van der Waals surface area contributed by atoms with Gasteiger partial charge >= 0.3 is 0 Å². The van der Waals surface area contributed by atoms with Crippen LogP contribution in [-0.2, 0) is 0 Å². The number of para-hydroxylation sites is 2. The Morgan fingerprint density at radius 1 is 0.397 bits per heavy atom. The van der Waals surface area contributed by atoms with Crippen LogP contribution in [0.4, 0.5) is 0 Å². The van der Waals surface area contributed by atoms with Gasteiger partial charge in [-0.15, -0.1) is 0 Å². The maximum absolute atomic E-state index is 9.82. The average Bonchev–Trinajstić information content (AvgIpc) is 4.38. The molecule has 6 nitrogen and oxygen atoms in total. The van der Waals surface area contributed by atoms with Gasteiger partial charge in [0.25, 0.3) is 0 Å². The van der Waals surface area contributed by atoms with Crippen molar-refractivity contribution >= 4 is 65.7 Å². The van der Waals surface area contributed by atoms with E-state index in [4.69, 9.17) is 36.1 Å². The molecule has 0 atom stereocenters. The van der Waals surface area contributed by atoms with Crippen LogP contribution in [0.1, 0.15) is 21.9 Å². The molecule has 63 heavy (non-hydrogen) atoms. The van der Waals surface area contributed by atoms with E-state index in [-0.39, 0.29) is 72.5 Å². The highest BCUT2D eigenvalue weighted by molar-refractivity contribution is 6.14. The summed E-state index contributed by atoms with van der Waals surface area (Å²) in [5.41, 5.74) is 1.72. The number of rotatable bonds is 6. The number of benzene rings is 9. The Hall–Kier alpha value is -8.61. The molecule has 0 aliphatic heterocycles. The first-order valence-corrected chi connectivity index (χ1v) is 19.8. The average molecular weight is 823 g/mol. The van der Waals surface area contributed by atoms with Gasteiger partial charge in [0.05, 0.1) is 38.7 Å². The van der Waals surface area contributed by atoms with Crippen LogP contribution in [0.25, 0.3) is 128 Å². The summed E-state index contributed by atoms with van der Waals surface area (Å²) in [6.45, 7) is 0. The van der Waals surface area contributed by atoms with E-state index in [1.54, 1.807) is 30.3 Å². The summed E-state index contributed by atoms with van der Waals surface area (Å²) >= 11 is 0. The fraction of sp³-hybridized carbons (Fsp3) is 0. The van der Waals surface area contributed by atoms with Crippen LogP contribution in [0.2, 0.25) is 0 Å². The number of fused-ring (bicyclic) bond motifs is 9. The Bertz CT molecular complexity index is 4840. The van der Waals surface area contributed by atoms with E-state index in [1.807, 2.05) is 66.7 Å². The maximum atomic E-state index is 9.82. The SMILES string of the molecule is [2H]c1cc2c(c([2H])c1[2H])c1c([2H])c([2H])c(-c3c([2H])c([2H])c([2H])c([2H])c3[2H])c([2H])c1n2-c1cc([2H])c([2H])c2c1oc1c([2H])c(-c3nc(-c4ccccc4)nc(-c4ccc5c(c4)oc4cccc(-c6ccccc6)c45)n3)c([2H])c([2H])c12. The molecule has 294 valence electrons. The molecule has 0 bridgehead atoms. The topological polar surface area (TPSA) is 69.9 Å². The molecule has 0 aliphatic carbocycles. The smallest absolute Gasteiger partial charge is 0.164 e. The van der Waals surface area contributed by atoms with Crippen LogP contribution >= 0.6 is 0 Å². The minimum atomic E-state index is -0.765. The molecule has 4 heterocycles. The van der Waals surface area contributed by atoms with Crippen LogP contribution in [0.5, 0.6) is 0 Å². The van der Waals surface area contributed by atoms with Crippen LogP contribution < -0.4 is 0 Å². The molecule has 0 radical (unpaired) electrons. The normalized spacial score (nSPS) is 15.4. The van der Waals surface area contributed by atoms with Crippen molar-refractivity contribution in [2.45, 2.75) is 0 Å². The number of nitrogens with zero attached hydrogens (tertiary/aromatic N) is 4. The van der Waals surface area contributed by atoms with Crippen molar-refractivity contribution in [1.82, 2.24) is 19.5 Å². The van der Waals surface area contributed by atoms with Gasteiger partial charge in [0.15, 0.2) is 23.1 Å². The summed E-state index contributed by atoms with van der Waals surface area (Å²) in [5, 5.41) is 0.908. The molecule has 0 aliphatic rings. The Morgan fingerprint density at radius 3 is 1.95 bits per heavy atom. The lowest BCUT2D eigenvalue weighted by Gasteiger charge is -2.09. The van der Waals surface area contributed by atoms with E-state index < -0.39 is 108 Å². The second-order valence-corrected chi connectivity index (χ2v) is 14.7. The molecule has 4 aromatic heterocycles. The minimum Gasteiger partial charge on any atom is -0.456 e. The Kier molecular flexibility index (Phi) is 5.07. The summed E-state index contributed by atoms with van der Waals surface area (Å²) in [6, 6.07) is 22.7. The molecule has 0 unspecified atom stereocenters. The summed E-state index contributed by atoms with van der Waals surface area (Å²) in [4.78, 5) is 14.5. The van der Waals surface area contributed by atoms with Gasteiger partial charge in [-0.2, -0.15) is 0 Å². The Labute approximate surface area is 383 Å². The molecule has 13 rings (SSSR count). The predicted molar refractivity (Wildman–Crippen MR) is 256 cm³/mol. The van der Waals surface area contributed by atoms with Crippen molar-refractivity contribution in [2.75, 3.05) is 0 Å². The minimum absolute atomic E-state index is 0.0952. The van der Waals surface area contributed by atoms with Crippen LogP contribution in [0.15, 0.2) is 215 Å². The van der Waals surface area contributed by atoms with Gasteiger partial charge in [0.1, 0.15) is 16.7 Å². The number of furan rings is 2. The largest absolute Gasteiger partial charge is 0.456 e. The summed E-state index contributed by atoms with van der Waals surface area (Å²) < 4.78 is 159. The van der Waals surface area contributed by atoms with E-state index in [0.29, 0.717) is 22.3 Å². The predicted octanol–water partition coefficient (Wildman–Crippen LogP) is 15.1. The fourth-order valence-corrected chi connectivity index (χ4v) is 8.21. The first-order chi connectivity index (χ1) is 37.9. The third kappa shape index (κ3) is 5.69. The number of aromatic nitrogens is 4. The van der Waals surface area contributed by atoms with Crippen LogP contribution in [-0.4, -0.2) is 19.5 Å². The van der Waals surface area contributed by atoms with E-state index in [0.717, 1.165) is 28.0 Å². The third-order valence-electron chi connectivity index (χ3n) is 11.1. The van der Waals surface area contributed by atoms with Gasteiger partial charge in [-0.1, -0.05) is 157 Å². The molecule has 0 spiro atoms. The van der Waals surface area contributed by atoms with Crippen molar-refractivity contribution in [3.05, 3.63) is 206 Å². The quantitative estimate of drug-likeness (QED) is 0.167. The highest BCUT2D eigenvalue weighted by atomic mass is 16.3. The van der Waals surface area contributed by atoms with Crippen molar-refractivity contribution in [1.29, 1.82) is 0 Å². The molecule has 0 amide bonds. The van der Waals surface area contributed by atoms with Crippen molar-refractivity contribution < 1.29 is 30.8 Å². The molecule has 6 heteroatoms. The second kappa shape index (κ2) is 14.0. The molecule has 0 saturated heterocycles. The van der Waals surface area contributed by atoms with Gasteiger partial charge in [0, 0.05) is 49.0 Å². The molecule has 0 N–H and O–H groups in total. The van der Waals surface area contributed by atoms with Gasteiger partial charge in [-0.25, -0.2) is 15.0 Å². The lowest BCUT2D eigenvalue weighted by molar-refractivity contribution is 0.666. The van der Waals surface area contributed by atoms with Gasteiger partial charge in [0.2, 0.25) is 0 Å². The summed E-state index contributed by atoms with van der Waals surface area (Å²) in [6.07, 6.45) is 0. The zero-order valence-electron chi connectivity index (χ0n) is 48.5. The monoisotopic (exact) mass is 822 g/mol. The fourth-order valence-electron chi connectivity index (χ4n) is 8.21. The van der Waals surface area contributed by atoms with Gasteiger partial charge < -0.3 is 13.4 Å². The highest BCUT2D eigenvalue weighted by Gasteiger charge is 2.21. The summed E-state index contributed by atoms with van der Waals surface area (Å²) in [7, 11) is 0. The van der Waals surface area contributed by atoms with Gasteiger partial charge in [-0.3, -0.25) is 0 Å². The van der Waals surface area contributed by atoms with Crippen LogP contribution in [0, 0.1) is 0 Å². The lowest BCUT2D eigenvalue weighted by atomic mass is 9.99. The molecule has 9 aromatic carbocycles. The van der Waals surface area contributed by atoms with E-state index in [1.165, 1.54) is 10.6 Å². The zero-order valence-corrected chi connectivity index (χ0v) is 32.5. The van der Waals surface area contributed by atoms with Crippen molar-refractivity contribution in [3.8, 4) is 62.1 Å². The Morgan fingerprint density at radius 2 is 1.11 bits per heavy atom. The lowest BCUT2D eigenvalue weighted by Crippen LogP contribution is -2.00. The zero-order chi connectivity index (χ0) is 55.4. The van der Waals surface area contributed by atoms with Crippen LogP contribution in [0.3, 0.4) is 0 Å². The van der Waals surface area contributed by atoms with E-state index >= 15 is 0 Å². The first kappa shape index (κ1) is 22.8. The van der Waals surface area contributed by atoms with Gasteiger partial charge in [-0.05, 0) is 70.7 Å². The Balaban J connectivity index is 1.08. The maximum Gasteiger partial charge on any atom is 0.164 e. The number of hydrogen-bond acceptors (Lipinski definition) is 5. The molecule has 13 aromatic rings. The first-order valence-electron chi connectivity index (χ1n) is 27.8. The van der Waals surface area contributed by atoms with E-state index in [9.17, 15) is 9.60 Å². The molecular formula is C57H34N4O2. The molecular weight excluding hydrogens is 773 g/mol. The highest BCUT2D eigenvalue weighted by Crippen LogP contribution is 2.41. The second-order valence-electron chi connectivity index (χ2n) is 14.7. The standard InChI is InChI=1S/C57H34N4O2/c1-4-14-35(15-5-1)38-26-29-43-42-20-10-11-23-47(42)61(49(43)32-38)48-24-12-22-45-44-30-27-39(33-51(44)63-54(45)48)56-58-55(37-18-8-3-9-19-37)59-57(60-56)40-28-31-46-52(34-40)62-50-25-13-21-41(53(46)50)36-16-6-2-7-17-36/h1-34H/i1D,4D,5D,10D,11D,12D,14D,15D,20D,22D,26D,27D,29D,30D,32D,33D. The van der Waals surface area contributed by atoms with E-state index in [2.05, 4.69) is 0 Å². The van der Waals surface area contributed by atoms with Crippen molar-refractivity contribution in [3.63, 3.8) is 0 Å². The molecule has 0 fully saturated rings.